The van der Waals surface area contributed by atoms with Gasteiger partial charge in [0, 0.05) is 18.7 Å². The average molecular weight is 291 g/mol. The zero-order valence-corrected chi connectivity index (χ0v) is 11.5. The highest BCUT2D eigenvalue weighted by Gasteiger charge is 2.08. The smallest absolute Gasteiger partial charge is 0.251 e. The fourth-order valence-corrected chi connectivity index (χ4v) is 1.91. The van der Waals surface area contributed by atoms with Gasteiger partial charge in [-0.2, -0.15) is 0 Å². The molecule has 0 atom stereocenters. The molecule has 4 N–H and O–H groups in total. The summed E-state index contributed by atoms with van der Waals surface area (Å²) in [6.07, 6.45) is 0. The number of phenols is 1. The van der Waals surface area contributed by atoms with E-state index in [0.29, 0.717) is 18.7 Å². The second kappa shape index (κ2) is 6.41. The summed E-state index contributed by atoms with van der Waals surface area (Å²) in [6, 6.07) is 12.1. The molecule has 0 bridgehead atoms. The van der Waals surface area contributed by atoms with E-state index >= 15 is 0 Å². The molecule has 2 aromatic carbocycles. The number of phenolic OH excluding ortho intramolecular Hbond substituents is 1. The van der Waals surface area contributed by atoms with E-state index in [2.05, 4.69) is 5.32 Å². The Bertz CT molecular complexity index is 612. The summed E-state index contributed by atoms with van der Waals surface area (Å²) in [7, 11) is 0. The molecule has 0 radical (unpaired) electrons. The van der Waals surface area contributed by atoms with Crippen LogP contribution in [0.25, 0.3) is 0 Å². The Labute approximate surface area is 122 Å². The second-order valence-corrected chi connectivity index (χ2v) is 4.78. The molecule has 0 saturated heterocycles. The predicted molar refractivity (Wildman–Crippen MR) is 78.6 cm³/mol. The lowest BCUT2D eigenvalue weighted by Gasteiger charge is -2.07. The van der Waals surface area contributed by atoms with Gasteiger partial charge in [0.15, 0.2) is 0 Å². The number of rotatable bonds is 4. The molecule has 0 saturated carbocycles. The van der Waals surface area contributed by atoms with Gasteiger partial charge in [0.25, 0.3) is 5.91 Å². The molecule has 0 aromatic heterocycles. The normalized spacial score (nSPS) is 10.3. The van der Waals surface area contributed by atoms with Gasteiger partial charge in [-0.1, -0.05) is 35.9 Å². The lowest BCUT2D eigenvalue weighted by atomic mass is 10.1. The summed E-state index contributed by atoms with van der Waals surface area (Å²) in [5.41, 5.74) is 7.96. The first-order valence-electron chi connectivity index (χ1n) is 6.15. The van der Waals surface area contributed by atoms with Gasteiger partial charge in [0.2, 0.25) is 0 Å². The fourth-order valence-electron chi connectivity index (χ4n) is 1.73. The van der Waals surface area contributed by atoms with Crippen molar-refractivity contribution < 1.29 is 9.90 Å². The number of carbonyl (C=O) groups excluding carboxylic acids is 1. The van der Waals surface area contributed by atoms with Crippen molar-refractivity contribution in [3.63, 3.8) is 0 Å². The van der Waals surface area contributed by atoms with Crippen LogP contribution in [0.2, 0.25) is 5.02 Å². The van der Waals surface area contributed by atoms with Crippen molar-refractivity contribution in [3.05, 3.63) is 64.2 Å². The third-order valence-electron chi connectivity index (χ3n) is 2.92. The zero-order chi connectivity index (χ0) is 14.5. The fraction of sp³-hybridized carbons (Fsp3) is 0.133. The molecule has 2 aromatic rings. The Balaban J connectivity index is 1.98. The predicted octanol–water partition coefficient (Wildman–Crippen LogP) is 2.43. The Morgan fingerprint density at radius 3 is 2.40 bits per heavy atom. The number of halogens is 1. The summed E-state index contributed by atoms with van der Waals surface area (Å²) in [4.78, 5) is 11.9. The molecule has 20 heavy (non-hydrogen) atoms. The standard InChI is InChI=1S/C15H15ClN2O2/c16-13-7-12(5-6-14(13)19)15(20)18-9-11-3-1-10(8-17)2-4-11/h1-7,19H,8-9,17H2,(H,18,20). The van der Waals surface area contributed by atoms with Gasteiger partial charge in [-0.15, -0.1) is 0 Å². The lowest BCUT2D eigenvalue weighted by molar-refractivity contribution is 0.0951. The first-order valence-corrected chi connectivity index (χ1v) is 6.52. The SMILES string of the molecule is NCc1ccc(CNC(=O)c2ccc(O)c(Cl)c2)cc1. The minimum atomic E-state index is -0.241. The highest BCUT2D eigenvalue weighted by molar-refractivity contribution is 6.32. The second-order valence-electron chi connectivity index (χ2n) is 4.37. The lowest BCUT2D eigenvalue weighted by Crippen LogP contribution is -2.22. The number of benzene rings is 2. The van der Waals surface area contributed by atoms with Crippen LogP contribution in [0.5, 0.6) is 5.75 Å². The minimum absolute atomic E-state index is 0.0411. The topological polar surface area (TPSA) is 75.3 Å². The molecule has 0 aliphatic rings. The van der Waals surface area contributed by atoms with Crippen LogP contribution in [0.15, 0.2) is 42.5 Å². The Kier molecular flexibility index (Phi) is 4.61. The van der Waals surface area contributed by atoms with Gasteiger partial charge in [-0.05, 0) is 29.3 Å². The van der Waals surface area contributed by atoms with Crippen LogP contribution in [-0.2, 0) is 13.1 Å². The molecular weight excluding hydrogens is 276 g/mol. The molecule has 0 spiro atoms. The molecule has 0 aliphatic heterocycles. The Morgan fingerprint density at radius 2 is 1.80 bits per heavy atom. The maximum Gasteiger partial charge on any atom is 0.251 e. The number of aromatic hydroxyl groups is 1. The molecule has 104 valence electrons. The number of hydrogen-bond acceptors (Lipinski definition) is 3. The first-order chi connectivity index (χ1) is 9.60. The van der Waals surface area contributed by atoms with Crippen molar-refractivity contribution in [2.45, 2.75) is 13.1 Å². The van der Waals surface area contributed by atoms with Crippen LogP contribution in [0.3, 0.4) is 0 Å². The van der Waals surface area contributed by atoms with Crippen molar-refractivity contribution in [2.75, 3.05) is 0 Å². The Hall–Kier alpha value is -2.04. The largest absolute Gasteiger partial charge is 0.506 e. The Morgan fingerprint density at radius 1 is 1.15 bits per heavy atom. The van der Waals surface area contributed by atoms with Crippen LogP contribution in [0.1, 0.15) is 21.5 Å². The molecule has 2 rings (SSSR count). The van der Waals surface area contributed by atoms with Crippen molar-refractivity contribution in [3.8, 4) is 5.75 Å². The summed E-state index contributed by atoms with van der Waals surface area (Å²) >= 11 is 5.77. The van der Waals surface area contributed by atoms with E-state index in [-0.39, 0.29) is 16.7 Å². The number of hydrogen-bond donors (Lipinski definition) is 3. The van der Waals surface area contributed by atoms with Crippen LogP contribution in [-0.4, -0.2) is 11.0 Å². The third kappa shape index (κ3) is 3.50. The summed E-state index contributed by atoms with van der Waals surface area (Å²) in [6.45, 7) is 0.917. The van der Waals surface area contributed by atoms with Crippen molar-refractivity contribution in [1.29, 1.82) is 0 Å². The van der Waals surface area contributed by atoms with Crippen LogP contribution in [0.4, 0.5) is 0 Å². The van der Waals surface area contributed by atoms with Crippen LogP contribution in [0, 0.1) is 0 Å². The van der Waals surface area contributed by atoms with E-state index in [1.165, 1.54) is 18.2 Å². The highest BCUT2D eigenvalue weighted by atomic mass is 35.5. The molecule has 1 amide bonds. The maximum absolute atomic E-state index is 11.9. The number of nitrogens with two attached hydrogens (primary N) is 1. The van der Waals surface area contributed by atoms with E-state index in [9.17, 15) is 9.90 Å². The zero-order valence-electron chi connectivity index (χ0n) is 10.8. The van der Waals surface area contributed by atoms with E-state index in [1.807, 2.05) is 24.3 Å². The van der Waals surface area contributed by atoms with Crippen LogP contribution >= 0.6 is 11.6 Å². The van der Waals surface area contributed by atoms with Gasteiger partial charge in [0.05, 0.1) is 5.02 Å². The number of carbonyl (C=O) groups is 1. The van der Waals surface area contributed by atoms with Gasteiger partial charge in [0.1, 0.15) is 5.75 Å². The molecule has 0 heterocycles. The number of nitrogens with one attached hydrogen (secondary N) is 1. The van der Waals surface area contributed by atoms with E-state index in [1.54, 1.807) is 0 Å². The van der Waals surface area contributed by atoms with Crippen molar-refractivity contribution >= 4 is 17.5 Å². The monoisotopic (exact) mass is 290 g/mol. The molecule has 5 heteroatoms. The summed E-state index contributed by atoms with van der Waals surface area (Å²) in [5.74, 6) is -0.282. The number of amides is 1. The van der Waals surface area contributed by atoms with E-state index in [4.69, 9.17) is 17.3 Å². The van der Waals surface area contributed by atoms with Gasteiger partial charge >= 0.3 is 0 Å². The average Bonchev–Trinajstić information content (AvgIpc) is 2.48. The molecule has 0 unspecified atom stereocenters. The van der Waals surface area contributed by atoms with Crippen molar-refractivity contribution in [2.24, 2.45) is 5.73 Å². The summed E-state index contributed by atoms with van der Waals surface area (Å²) in [5, 5.41) is 12.3. The van der Waals surface area contributed by atoms with Crippen molar-refractivity contribution in [1.82, 2.24) is 5.32 Å². The van der Waals surface area contributed by atoms with Gasteiger partial charge < -0.3 is 16.2 Å². The molecule has 0 aliphatic carbocycles. The minimum Gasteiger partial charge on any atom is -0.506 e. The maximum atomic E-state index is 11.9. The van der Waals surface area contributed by atoms with Gasteiger partial charge in [-0.25, -0.2) is 0 Å². The van der Waals surface area contributed by atoms with Gasteiger partial charge in [-0.3, -0.25) is 4.79 Å². The highest BCUT2D eigenvalue weighted by Crippen LogP contribution is 2.23. The molecule has 0 fully saturated rings. The quantitative estimate of drug-likeness (QED) is 0.809. The van der Waals surface area contributed by atoms with E-state index in [0.717, 1.165) is 11.1 Å². The third-order valence-corrected chi connectivity index (χ3v) is 3.22. The molecular formula is C15H15ClN2O2. The van der Waals surface area contributed by atoms with E-state index < -0.39 is 0 Å². The van der Waals surface area contributed by atoms with Crippen LogP contribution < -0.4 is 11.1 Å². The molecule has 4 nitrogen and oxygen atoms in total. The first kappa shape index (κ1) is 14.4. The summed E-state index contributed by atoms with van der Waals surface area (Å²) < 4.78 is 0.